The van der Waals surface area contributed by atoms with E-state index in [4.69, 9.17) is 5.26 Å². The van der Waals surface area contributed by atoms with Gasteiger partial charge in [-0.1, -0.05) is 0 Å². The minimum absolute atomic E-state index is 0.0569. The molecule has 23 heavy (non-hydrogen) atoms. The van der Waals surface area contributed by atoms with Crippen molar-refractivity contribution in [3.05, 3.63) is 29.3 Å². The SMILES string of the molecule is CC(O)C1CCN(S(=O)(=O)c2ccc(C#N)c(C(F)(F)F)c2)C1. The Morgan fingerprint density at radius 3 is 2.57 bits per heavy atom. The first-order chi connectivity index (χ1) is 10.6. The van der Waals surface area contributed by atoms with E-state index in [1.54, 1.807) is 6.92 Å². The highest BCUT2D eigenvalue weighted by molar-refractivity contribution is 7.89. The van der Waals surface area contributed by atoms with Crippen LogP contribution in [-0.4, -0.2) is 37.0 Å². The Morgan fingerprint density at radius 2 is 2.09 bits per heavy atom. The molecule has 9 heteroatoms. The van der Waals surface area contributed by atoms with E-state index in [0.29, 0.717) is 12.5 Å². The summed E-state index contributed by atoms with van der Waals surface area (Å²) in [7, 11) is -4.10. The second-order valence-corrected chi connectivity index (χ2v) is 7.41. The van der Waals surface area contributed by atoms with Crippen molar-refractivity contribution in [3.63, 3.8) is 0 Å². The number of nitriles is 1. The molecule has 2 unspecified atom stereocenters. The second kappa shape index (κ2) is 6.11. The van der Waals surface area contributed by atoms with Gasteiger partial charge in [0.1, 0.15) is 0 Å². The maximum absolute atomic E-state index is 13.0. The molecule has 2 atom stereocenters. The molecule has 2 rings (SSSR count). The zero-order valence-electron chi connectivity index (χ0n) is 12.2. The van der Waals surface area contributed by atoms with Crippen molar-refractivity contribution in [2.45, 2.75) is 30.5 Å². The lowest BCUT2D eigenvalue weighted by Gasteiger charge is -2.19. The monoisotopic (exact) mass is 348 g/mol. The van der Waals surface area contributed by atoms with Crippen molar-refractivity contribution < 1.29 is 26.7 Å². The number of aliphatic hydroxyl groups is 1. The molecule has 1 fully saturated rings. The van der Waals surface area contributed by atoms with E-state index < -0.39 is 38.3 Å². The lowest BCUT2D eigenvalue weighted by atomic mass is 10.0. The highest BCUT2D eigenvalue weighted by Crippen LogP contribution is 2.34. The molecule has 0 aliphatic carbocycles. The first kappa shape index (κ1) is 17.7. The molecule has 1 heterocycles. The Morgan fingerprint density at radius 1 is 1.43 bits per heavy atom. The zero-order chi connectivity index (χ0) is 17.4. The molecule has 1 saturated heterocycles. The van der Waals surface area contributed by atoms with Crippen LogP contribution in [0.5, 0.6) is 0 Å². The number of sulfonamides is 1. The molecule has 1 aliphatic rings. The van der Waals surface area contributed by atoms with Gasteiger partial charge in [-0.25, -0.2) is 8.42 Å². The topological polar surface area (TPSA) is 81.4 Å². The van der Waals surface area contributed by atoms with Crippen molar-refractivity contribution in [1.82, 2.24) is 4.31 Å². The van der Waals surface area contributed by atoms with E-state index in [1.165, 1.54) is 6.07 Å². The summed E-state index contributed by atoms with van der Waals surface area (Å²) >= 11 is 0. The third kappa shape index (κ3) is 3.49. The molecule has 5 nitrogen and oxygen atoms in total. The van der Waals surface area contributed by atoms with Crippen LogP contribution >= 0.6 is 0 Å². The largest absolute Gasteiger partial charge is 0.417 e. The molecule has 1 aliphatic heterocycles. The van der Waals surface area contributed by atoms with Gasteiger partial charge in [-0.15, -0.1) is 0 Å². The fourth-order valence-corrected chi connectivity index (χ4v) is 4.07. The molecule has 0 amide bonds. The standard InChI is InChI=1S/C14H15F3N2O3S/c1-9(20)11-4-5-19(8-11)23(21,22)12-3-2-10(7-18)13(6-12)14(15,16)17/h2-3,6,9,11,20H,4-5,8H2,1H3. The summed E-state index contributed by atoms with van der Waals surface area (Å²) in [5.41, 5.74) is -1.90. The van der Waals surface area contributed by atoms with Crippen LogP contribution in [0.25, 0.3) is 0 Å². The van der Waals surface area contributed by atoms with Crippen LogP contribution in [0, 0.1) is 17.2 Å². The number of aliphatic hydroxyl groups excluding tert-OH is 1. The minimum atomic E-state index is -4.82. The number of hydrogen-bond donors (Lipinski definition) is 1. The molecular formula is C14H15F3N2O3S. The van der Waals surface area contributed by atoms with Crippen molar-refractivity contribution >= 4 is 10.0 Å². The van der Waals surface area contributed by atoms with Crippen LogP contribution in [0.15, 0.2) is 23.1 Å². The molecule has 0 radical (unpaired) electrons. The average molecular weight is 348 g/mol. The summed E-state index contributed by atoms with van der Waals surface area (Å²) in [6.45, 7) is 1.74. The summed E-state index contributed by atoms with van der Waals surface area (Å²) in [4.78, 5) is -0.505. The third-order valence-electron chi connectivity index (χ3n) is 3.92. The number of hydrogen-bond acceptors (Lipinski definition) is 4. The van der Waals surface area contributed by atoms with Crippen molar-refractivity contribution in [3.8, 4) is 6.07 Å². The van der Waals surface area contributed by atoms with Crippen LogP contribution in [-0.2, 0) is 16.2 Å². The van der Waals surface area contributed by atoms with Crippen LogP contribution < -0.4 is 0 Å². The summed E-state index contributed by atoms with van der Waals surface area (Å²) in [5, 5.41) is 18.3. The van der Waals surface area contributed by atoms with Gasteiger partial charge < -0.3 is 5.11 Å². The summed E-state index contributed by atoms with van der Waals surface area (Å²) < 4.78 is 64.9. The Hall–Kier alpha value is -1.63. The molecule has 0 aromatic heterocycles. The Balaban J connectivity index is 2.40. The normalized spacial score (nSPS) is 21.1. The molecule has 1 N–H and O–H groups in total. The van der Waals surface area contributed by atoms with E-state index in [1.807, 2.05) is 0 Å². The zero-order valence-corrected chi connectivity index (χ0v) is 13.0. The highest BCUT2D eigenvalue weighted by Gasteiger charge is 2.38. The Labute approximate surface area is 132 Å². The summed E-state index contributed by atoms with van der Waals surface area (Å²) in [6.07, 6.45) is -5.06. The van der Waals surface area contributed by atoms with E-state index in [9.17, 15) is 26.7 Å². The first-order valence-electron chi connectivity index (χ1n) is 6.87. The lowest BCUT2D eigenvalue weighted by Crippen LogP contribution is -2.30. The van der Waals surface area contributed by atoms with Gasteiger partial charge in [-0.2, -0.15) is 22.7 Å². The van der Waals surface area contributed by atoms with Crippen LogP contribution in [0.1, 0.15) is 24.5 Å². The highest BCUT2D eigenvalue weighted by atomic mass is 32.2. The summed E-state index contributed by atoms with van der Waals surface area (Å²) in [6, 6.07) is 3.76. The van der Waals surface area contributed by atoms with Gasteiger partial charge in [0, 0.05) is 13.1 Å². The van der Waals surface area contributed by atoms with Crippen molar-refractivity contribution in [1.29, 1.82) is 5.26 Å². The third-order valence-corrected chi connectivity index (χ3v) is 5.79. The van der Waals surface area contributed by atoms with E-state index in [-0.39, 0.29) is 19.0 Å². The van der Waals surface area contributed by atoms with Gasteiger partial charge in [0.15, 0.2) is 0 Å². The predicted octanol–water partition coefficient (Wildman–Crippen LogP) is 1.97. The smallest absolute Gasteiger partial charge is 0.393 e. The maximum Gasteiger partial charge on any atom is 0.417 e. The molecule has 126 valence electrons. The quantitative estimate of drug-likeness (QED) is 0.905. The number of halogens is 3. The molecule has 1 aromatic carbocycles. The molecular weight excluding hydrogens is 333 g/mol. The van der Waals surface area contributed by atoms with Gasteiger partial charge >= 0.3 is 6.18 Å². The predicted molar refractivity (Wildman–Crippen MR) is 74.7 cm³/mol. The van der Waals surface area contributed by atoms with Crippen LogP contribution in [0.3, 0.4) is 0 Å². The number of benzene rings is 1. The number of nitrogens with zero attached hydrogens (tertiary/aromatic N) is 2. The van der Waals surface area contributed by atoms with Crippen LogP contribution in [0.4, 0.5) is 13.2 Å². The average Bonchev–Trinajstić information content (AvgIpc) is 2.96. The maximum atomic E-state index is 13.0. The lowest BCUT2D eigenvalue weighted by molar-refractivity contribution is -0.137. The van der Waals surface area contributed by atoms with Gasteiger partial charge in [0.2, 0.25) is 10.0 Å². The van der Waals surface area contributed by atoms with Gasteiger partial charge in [0.25, 0.3) is 0 Å². The van der Waals surface area contributed by atoms with Gasteiger partial charge in [-0.05, 0) is 37.5 Å². The second-order valence-electron chi connectivity index (χ2n) is 5.47. The van der Waals surface area contributed by atoms with E-state index in [2.05, 4.69) is 0 Å². The number of rotatable bonds is 3. The van der Waals surface area contributed by atoms with Gasteiger partial charge in [-0.3, -0.25) is 0 Å². The molecule has 1 aromatic rings. The van der Waals surface area contributed by atoms with Gasteiger partial charge in [0.05, 0.1) is 28.2 Å². The first-order valence-corrected chi connectivity index (χ1v) is 8.31. The fourth-order valence-electron chi connectivity index (χ4n) is 2.53. The van der Waals surface area contributed by atoms with E-state index in [0.717, 1.165) is 16.4 Å². The van der Waals surface area contributed by atoms with Crippen molar-refractivity contribution in [2.75, 3.05) is 13.1 Å². The minimum Gasteiger partial charge on any atom is -0.393 e. The molecule has 0 spiro atoms. The Bertz CT molecular complexity index is 739. The van der Waals surface area contributed by atoms with E-state index >= 15 is 0 Å². The van der Waals surface area contributed by atoms with Crippen LogP contribution in [0.2, 0.25) is 0 Å². The summed E-state index contributed by atoms with van der Waals surface area (Å²) in [5.74, 6) is -0.245. The Kier molecular flexibility index (Phi) is 4.71. The number of alkyl halides is 3. The fraction of sp³-hybridized carbons (Fsp3) is 0.500. The van der Waals surface area contributed by atoms with Crippen molar-refractivity contribution in [2.24, 2.45) is 5.92 Å². The molecule has 0 saturated carbocycles. The molecule has 0 bridgehead atoms.